The summed E-state index contributed by atoms with van der Waals surface area (Å²) in [6.45, 7) is 4.38. The number of rotatable bonds is 7. The predicted molar refractivity (Wildman–Crippen MR) is 172 cm³/mol. The van der Waals surface area contributed by atoms with Gasteiger partial charge in [-0.15, -0.1) is 5.10 Å². The van der Waals surface area contributed by atoms with Crippen molar-refractivity contribution in [3.8, 4) is 5.69 Å². The van der Waals surface area contributed by atoms with Crippen molar-refractivity contribution in [2.24, 2.45) is 4.99 Å². The molecule has 1 saturated heterocycles. The number of fused-ring (bicyclic) bond motifs is 2. The van der Waals surface area contributed by atoms with Gasteiger partial charge in [0.1, 0.15) is 18.2 Å². The summed E-state index contributed by atoms with van der Waals surface area (Å²) >= 11 is 6.10. The molecule has 0 saturated carbocycles. The molecule has 13 heteroatoms. The minimum atomic E-state index is -0.845. The fourth-order valence-electron chi connectivity index (χ4n) is 6.42. The van der Waals surface area contributed by atoms with E-state index in [9.17, 15) is 9.59 Å². The Morgan fingerprint density at radius 1 is 1.09 bits per heavy atom. The van der Waals surface area contributed by atoms with Crippen molar-refractivity contribution in [2.45, 2.75) is 25.4 Å². The number of tetrazole rings is 1. The molecule has 234 valence electrons. The molecule has 0 radical (unpaired) electrons. The monoisotopic (exact) mass is 639 g/mol. The van der Waals surface area contributed by atoms with Crippen LogP contribution in [0.15, 0.2) is 60.0 Å². The van der Waals surface area contributed by atoms with E-state index < -0.39 is 17.8 Å². The van der Waals surface area contributed by atoms with E-state index in [1.807, 2.05) is 30.5 Å². The topological polar surface area (TPSA) is 113 Å². The Labute approximate surface area is 270 Å². The first-order chi connectivity index (χ1) is 22.4. The molecule has 5 heterocycles. The number of Topliss-reactive ketones (excluding diaryl/α,β-unsaturated/α-hetero) is 1. The van der Waals surface area contributed by atoms with E-state index in [1.54, 1.807) is 17.2 Å². The minimum absolute atomic E-state index is 0.0512. The van der Waals surface area contributed by atoms with Crippen molar-refractivity contribution in [2.75, 3.05) is 44.7 Å². The van der Waals surface area contributed by atoms with E-state index in [-0.39, 0.29) is 22.8 Å². The third-order valence-electron chi connectivity index (χ3n) is 8.84. The van der Waals surface area contributed by atoms with E-state index in [0.29, 0.717) is 25.2 Å². The summed E-state index contributed by atoms with van der Waals surface area (Å²) in [5, 5.41) is 11.0. The molecule has 0 N–H and O–H groups in total. The molecule has 46 heavy (non-hydrogen) atoms. The van der Waals surface area contributed by atoms with Crippen LogP contribution in [0.2, 0.25) is 5.02 Å². The zero-order valence-corrected chi connectivity index (χ0v) is 25.9. The molecule has 1 unspecified atom stereocenters. The van der Waals surface area contributed by atoms with Crippen molar-refractivity contribution in [3.05, 3.63) is 99.2 Å². The Hall–Kier alpha value is -4.81. The van der Waals surface area contributed by atoms with Gasteiger partial charge in [0.15, 0.2) is 11.6 Å². The molecule has 1 fully saturated rings. The number of ketones is 1. The molecule has 3 aliphatic heterocycles. The van der Waals surface area contributed by atoms with Crippen molar-refractivity contribution in [1.82, 2.24) is 35.0 Å². The number of aromatic nitrogens is 5. The van der Waals surface area contributed by atoms with E-state index in [0.717, 1.165) is 59.8 Å². The number of carbonyl (C=O) groups is 2. The number of hydrogen-bond donors (Lipinski definition) is 0. The second-order valence-electron chi connectivity index (χ2n) is 11.7. The molecule has 2 aromatic carbocycles. The normalized spacial score (nSPS) is 17.8. The highest BCUT2D eigenvalue weighted by Gasteiger charge is 2.37. The van der Waals surface area contributed by atoms with Crippen LogP contribution in [-0.2, 0) is 29.0 Å². The Bertz CT molecular complexity index is 1870. The number of aliphatic imine (C=N–C) groups is 1. The summed E-state index contributed by atoms with van der Waals surface area (Å²) in [6.07, 6.45) is 8.21. The first kappa shape index (κ1) is 29.9. The van der Waals surface area contributed by atoms with Crippen LogP contribution in [0.5, 0.6) is 0 Å². The van der Waals surface area contributed by atoms with E-state index in [1.165, 1.54) is 29.2 Å². The van der Waals surface area contributed by atoms with Crippen LogP contribution in [0, 0.1) is 5.82 Å². The number of anilines is 1. The Morgan fingerprint density at radius 2 is 1.93 bits per heavy atom. The lowest BCUT2D eigenvalue weighted by atomic mass is 9.87. The van der Waals surface area contributed by atoms with Crippen LogP contribution in [0.4, 0.5) is 10.2 Å². The van der Waals surface area contributed by atoms with Gasteiger partial charge in [0.2, 0.25) is 5.91 Å². The highest BCUT2D eigenvalue weighted by atomic mass is 35.5. The zero-order chi connectivity index (χ0) is 31.8. The number of amides is 1. The molecule has 1 atom stereocenters. The fourth-order valence-corrected chi connectivity index (χ4v) is 6.59. The highest BCUT2D eigenvalue weighted by molar-refractivity contribution is 6.31. The van der Waals surface area contributed by atoms with Gasteiger partial charge in [0.25, 0.3) is 0 Å². The lowest BCUT2D eigenvalue weighted by Crippen LogP contribution is -2.47. The predicted octanol–water partition coefficient (Wildman–Crippen LogP) is 3.49. The summed E-state index contributed by atoms with van der Waals surface area (Å²) < 4.78 is 16.6. The van der Waals surface area contributed by atoms with Gasteiger partial charge < -0.3 is 14.7 Å². The summed E-state index contributed by atoms with van der Waals surface area (Å²) in [7, 11) is 2.10. The molecular weight excluding hydrogens is 609 g/mol. The first-order valence-electron chi connectivity index (χ1n) is 15.1. The second kappa shape index (κ2) is 12.5. The van der Waals surface area contributed by atoms with Crippen LogP contribution in [-0.4, -0.2) is 92.7 Å². The van der Waals surface area contributed by atoms with Crippen molar-refractivity contribution < 1.29 is 14.0 Å². The van der Waals surface area contributed by atoms with Gasteiger partial charge in [-0.2, -0.15) is 4.68 Å². The summed E-state index contributed by atoms with van der Waals surface area (Å²) in [6, 6.07) is 9.91. The molecule has 11 nitrogen and oxygen atoms in total. The smallest absolute Gasteiger partial charge is 0.247 e. The third-order valence-corrected chi connectivity index (χ3v) is 9.14. The van der Waals surface area contributed by atoms with E-state index >= 15 is 4.39 Å². The van der Waals surface area contributed by atoms with Gasteiger partial charge in [0, 0.05) is 68.8 Å². The highest BCUT2D eigenvalue weighted by Crippen LogP contribution is 2.36. The maximum atomic E-state index is 15.3. The fraction of sp³-hybridized carbons (Fsp3) is 0.303. The largest absolute Gasteiger partial charge is 0.354 e. The summed E-state index contributed by atoms with van der Waals surface area (Å²) in [5.41, 5.74) is 5.13. The number of piperazine rings is 1. The standard InChI is InChI=1S/C33H31ClFN9O2/c1-41-12-14-42(15-13-41)33-25-9-11-43(30(46)7-4-26-28(44-20-38-39-40-44)6-5-27(34)31(26)35)32(24(25)8-10-37-33)29(45)17-21-2-3-22-18-36-19-23(22)16-21/h2-8,10,16,18,20,32H,9,11-15,17,19H2,1H3/b7-4+. The van der Waals surface area contributed by atoms with Crippen LogP contribution < -0.4 is 4.90 Å². The molecule has 4 aromatic rings. The van der Waals surface area contributed by atoms with Gasteiger partial charge in [-0.05, 0) is 70.4 Å². The lowest BCUT2D eigenvalue weighted by Gasteiger charge is -2.39. The Morgan fingerprint density at radius 3 is 2.74 bits per heavy atom. The molecule has 0 bridgehead atoms. The number of carbonyl (C=O) groups excluding carboxylic acids is 2. The lowest BCUT2D eigenvalue weighted by molar-refractivity contribution is -0.136. The number of pyridine rings is 1. The van der Waals surface area contributed by atoms with Gasteiger partial charge in [-0.3, -0.25) is 14.6 Å². The van der Waals surface area contributed by atoms with Gasteiger partial charge in [0.05, 0.1) is 17.3 Å². The van der Waals surface area contributed by atoms with Crippen LogP contribution in [0.3, 0.4) is 0 Å². The quantitative estimate of drug-likeness (QED) is 0.283. The van der Waals surface area contributed by atoms with Gasteiger partial charge in [-0.1, -0.05) is 29.8 Å². The average molecular weight is 640 g/mol. The first-order valence-corrected chi connectivity index (χ1v) is 15.5. The molecule has 1 amide bonds. The molecule has 0 aliphatic carbocycles. The summed E-state index contributed by atoms with van der Waals surface area (Å²) in [4.78, 5) is 43.4. The van der Waals surface area contributed by atoms with Gasteiger partial charge in [-0.25, -0.2) is 9.37 Å². The van der Waals surface area contributed by atoms with Gasteiger partial charge >= 0.3 is 0 Å². The molecule has 2 aromatic heterocycles. The molecule has 0 spiro atoms. The number of benzene rings is 2. The number of hydrogen-bond acceptors (Lipinski definition) is 9. The Balaban J connectivity index is 1.23. The maximum Gasteiger partial charge on any atom is 0.247 e. The van der Waals surface area contributed by atoms with Crippen molar-refractivity contribution >= 4 is 41.4 Å². The van der Waals surface area contributed by atoms with Crippen molar-refractivity contribution in [1.29, 1.82) is 0 Å². The van der Waals surface area contributed by atoms with Crippen LogP contribution in [0.25, 0.3) is 11.8 Å². The van der Waals surface area contributed by atoms with E-state index in [4.69, 9.17) is 16.6 Å². The summed E-state index contributed by atoms with van der Waals surface area (Å²) in [5.74, 6) is -0.377. The third kappa shape index (κ3) is 5.69. The number of nitrogens with zero attached hydrogens (tertiary/aromatic N) is 9. The minimum Gasteiger partial charge on any atom is -0.354 e. The van der Waals surface area contributed by atoms with Crippen LogP contribution >= 0.6 is 11.6 Å². The molecular formula is C33H31ClFN9O2. The second-order valence-corrected chi connectivity index (χ2v) is 12.1. The number of halogens is 2. The SMILES string of the molecule is CN1CCN(c2nccc3c2CCN(C(=O)/C=C/c2c(-n4cnnn4)ccc(Cl)c2F)C3C(=O)Cc2ccc3c(c2)CN=C3)CC1. The molecule has 7 rings (SSSR count). The zero-order valence-electron chi connectivity index (χ0n) is 25.2. The van der Waals surface area contributed by atoms with E-state index in [2.05, 4.69) is 37.4 Å². The number of likely N-dealkylation sites (N-methyl/N-ethyl adjacent to an activating group) is 1. The average Bonchev–Trinajstić information content (AvgIpc) is 3.77. The maximum absolute atomic E-state index is 15.3. The van der Waals surface area contributed by atoms with Crippen molar-refractivity contribution in [3.63, 3.8) is 0 Å². The van der Waals surface area contributed by atoms with Crippen LogP contribution in [0.1, 0.15) is 39.4 Å². The Kier molecular flexibility index (Phi) is 8.14. The molecule has 3 aliphatic rings.